The largest absolute Gasteiger partial charge is 0.271 e. The molecule has 0 aliphatic carbocycles. The lowest BCUT2D eigenvalue weighted by atomic mass is 10.0. The second-order valence-electron chi connectivity index (χ2n) is 4.62. The number of aromatic nitrogens is 2. The first-order valence-electron chi connectivity index (χ1n) is 6.58. The summed E-state index contributed by atoms with van der Waals surface area (Å²) in [5.41, 5.74) is 5.21. The summed E-state index contributed by atoms with van der Waals surface area (Å²) in [5.74, 6) is 5.77. The fourth-order valence-electron chi connectivity index (χ4n) is 2.23. The van der Waals surface area contributed by atoms with E-state index in [1.165, 1.54) is 5.56 Å². The molecule has 20 heavy (non-hydrogen) atoms. The van der Waals surface area contributed by atoms with Gasteiger partial charge in [0.25, 0.3) is 0 Å². The zero-order chi connectivity index (χ0) is 14.5. The van der Waals surface area contributed by atoms with E-state index in [1.54, 1.807) is 0 Å². The first kappa shape index (κ1) is 15.7. The molecule has 2 aromatic rings. The Hall–Kier alpha value is -0.690. The molecule has 1 atom stereocenters. The predicted octanol–water partition coefficient (Wildman–Crippen LogP) is 3.57. The van der Waals surface area contributed by atoms with Crippen molar-refractivity contribution < 1.29 is 0 Å². The molecule has 0 radical (unpaired) electrons. The minimum absolute atomic E-state index is 0.0112. The predicted molar refractivity (Wildman–Crippen MR) is 88.1 cm³/mol. The van der Waals surface area contributed by atoms with Gasteiger partial charge in [-0.05, 0) is 40.4 Å². The number of nitrogens with two attached hydrogens (primary N) is 1. The normalized spacial score (nSPS) is 12.6. The molecule has 1 heterocycles. The van der Waals surface area contributed by atoms with Crippen LogP contribution in [0.2, 0.25) is 0 Å². The van der Waals surface area contributed by atoms with E-state index in [9.17, 15) is 0 Å². The van der Waals surface area contributed by atoms with E-state index in [0.717, 1.165) is 34.0 Å². The fraction of sp³-hybridized carbons (Fsp3) is 0.357. The Morgan fingerprint density at radius 3 is 2.70 bits per heavy atom. The van der Waals surface area contributed by atoms with Gasteiger partial charge in [0.05, 0.1) is 22.4 Å². The van der Waals surface area contributed by atoms with Crippen LogP contribution in [0.4, 0.5) is 0 Å². The van der Waals surface area contributed by atoms with Crippen LogP contribution in [0, 0.1) is 0 Å². The van der Waals surface area contributed by atoms with E-state index >= 15 is 0 Å². The summed E-state index contributed by atoms with van der Waals surface area (Å²) in [6, 6.07) is 8.20. The van der Waals surface area contributed by atoms with Crippen LogP contribution in [0.1, 0.15) is 30.6 Å². The number of rotatable bonds is 6. The van der Waals surface area contributed by atoms with Gasteiger partial charge in [0.1, 0.15) is 0 Å². The smallest absolute Gasteiger partial charge is 0.0712 e. The van der Waals surface area contributed by atoms with Crippen LogP contribution < -0.4 is 11.3 Å². The van der Waals surface area contributed by atoms with Gasteiger partial charge in [0, 0.05) is 11.0 Å². The lowest BCUT2D eigenvalue weighted by Crippen LogP contribution is -2.31. The highest BCUT2D eigenvalue weighted by atomic mass is 79.9. The number of hydrogen-bond donors (Lipinski definition) is 2. The van der Waals surface area contributed by atoms with Gasteiger partial charge < -0.3 is 0 Å². The van der Waals surface area contributed by atoms with Crippen molar-refractivity contribution in [2.45, 2.75) is 32.4 Å². The molecule has 0 aliphatic heterocycles. The topological polar surface area (TPSA) is 55.9 Å². The monoisotopic (exact) mass is 400 g/mol. The molecule has 0 aliphatic rings. The maximum atomic E-state index is 5.77. The van der Waals surface area contributed by atoms with Gasteiger partial charge in [-0.3, -0.25) is 16.0 Å². The third-order valence-electron chi connectivity index (χ3n) is 3.18. The van der Waals surface area contributed by atoms with E-state index in [4.69, 9.17) is 5.84 Å². The first-order chi connectivity index (χ1) is 9.67. The van der Waals surface area contributed by atoms with Crippen molar-refractivity contribution in [3.05, 3.63) is 50.7 Å². The minimum atomic E-state index is 0.0112. The first-order valence-corrected chi connectivity index (χ1v) is 8.16. The van der Waals surface area contributed by atoms with Crippen LogP contribution in [0.5, 0.6) is 0 Å². The molecule has 0 bridgehead atoms. The third kappa shape index (κ3) is 3.49. The highest BCUT2D eigenvalue weighted by Gasteiger charge is 2.20. The van der Waals surface area contributed by atoms with Gasteiger partial charge in [-0.15, -0.1) is 0 Å². The Balaban J connectivity index is 2.29. The summed E-state index contributed by atoms with van der Waals surface area (Å²) >= 11 is 7.15. The highest BCUT2D eigenvalue weighted by Crippen LogP contribution is 2.28. The molecule has 2 rings (SSSR count). The summed E-state index contributed by atoms with van der Waals surface area (Å²) < 4.78 is 4.09. The third-order valence-corrected chi connectivity index (χ3v) is 4.57. The van der Waals surface area contributed by atoms with Gasteiger partial charge >= 0.3 is 0 Å². The van der Waals surface area contributed by atoms with E-state index in [-0.39, 0.29) is 6.04 Å². The van der Waals surface area contributed by atoms with Crippen LogP contribution in [0.3, 0.4) is 0 Å². The average Bonchev–Trinajstić information content (AvgIpc) is 2.80. The number of nitrogens with one attached hydrogen (secondary N) is 1. The quantitative estimate of drug-likeness (QED) is 0.574. The van der Waals surface area contributed by atoms with Gasteiger partial charge in [-0.25, -0.2) is 0 Å². The molecule has 0 spiro atoms. The molecule has 1 aromatic carbocycles. The highest BCUT2D eigenvalue weighted by molar-refractivity contribution is 9.10. The zero-order valence-corrected chi connectivity index (χ0v) is 14.5. The number of hydrogen-bond acceptors (Lipinski definition) is 3. The van der Waals surface area contributed by atoms with Gasteiger partial charge in [0.15, 0.2) is 0 Å². The van der Waals surface area contributed by atoms with Gasteiger partial charge in [-0.2, -0.15) is 5.10 Å². The second-order valence-corrected chi connectivity index (χ2v) is 6.32. The molecule has 0 saturated heterocycles. The Morgan fingerprint density at radius 2 is 2.05 bits per heavy atom. The Kier molecular flexibility index (Phi) is 5.77. The maximum Gasteiger partial charge on any atom is 0.0712 e. The van der Waals surface area contributed by atoms with Crippen LogP contribution in [0.15, 0.2) is 39.4 Å². The molecule has 1 aromatic heterocycles. The van der Waals surface area contributed by atoms with Gasteiger partial charge in [-0.1, -0.05) is 41.1 Å². The summed E-state index contributed by atoms with van der Waals surface area (Å²) in [6.07, 6.45) is 3.66. The van der Waals surface area contributed by atoms with Crippen LogP contribution >= 0.6 is 31.9 Å². The molecular weight excluding hydrogens is 384 g/mol. The standard InChI is InChI=1S/C14H18Br2N4/c1-2-7-20-14(12(16)9-18-20)13(19-17)8-10-5-3-4-6-11(10)15/h3-6,9,13,19H,2,7-8,17H2,1H3. The Morgan fingerprint density at radius 1 is 1.30 bits per heavy atom. The summed E-state index contributed by atoms with van der Waals surface area (Å²) in [6.45, 7) is 3.02. The zero-order valence-electron chi connectivity index (χ0n) is 11.3. The van der Waals surface area contributed by atoms with Gasteiger partial charge in [0.2, 0.25) is 0 Å². The van der Waals surface area contributed by atoms with Crippen molar-refractivity contribution in [1.29, 1.82) is 0 Å². The molecule has 0 amide bonds. The van der Waals surface area contributed by atoms with Crippen molar-refractivity contribution in [1.82, 2.24) is 15.2 Å². The van der Waals surface area contributed by atoms with Crippen LogP contribution in [0.25, 0.3) is 0 Å². The minimum Gasteiger partial charge on any atom is -0.271 e. The number of benzene rings is 1. The molecule has 108 valence electrons. The van der Waals surface area contributed by atoms with E-state index < -0.39 is 0 Å². The SMILES string of the molecule is CCCn1ncc(Br)c1C(Cc1ccccc1Br)NN. The number of halogens is 2. The maximum absolute atomic E-state index is 5.77. The lowest BCUT2D eigenvalue weighted by Gasteiger charge is -2.19. The Bertz CT molecular complexity index is 568. The van der Waals surface area contributed by atoms with Crippen LogP contribution in [-0.4, -0.2) is 9.78 Å². The van der Waals surface area contributed by atoms with E-state index in [2.05, 4.69) is 55.4 Å². The van der Waals surface area contributed by atoms with Crippen molar-refractivity contribution in [3.8, 4) is 0 Å². The molecule has 0 fully saturated rings. The van der Waals surface area contributed by atoms with E-state index in [0.29, 0.717) is 0 Å². The molecule has 3 N–H and O–H groups in total. The lowest BCUT2D eigenvalue weighted by molar-refractivity contribution is 0.476. The van der Waals surface area contributed by atoms with Crippen molar-refractivity contribution in [3.63, 3.8) is 0 Å². The number of aryl methyl sites for hydroxylation is 1. The van der Waals surface area contributed by atoms with E-state index in [1.807, 2.05) is 29.1 Å². The Labute approximate surface area is 136 Å². The molecule has 0 saturated carbocycles. The number of nitrogens with zero attached hydrogens (tertiary/aromatic N) is 2. The average molecular weight is 402 g/mol. The molecule has 4 nitrogen and oxygen atoms in total. The molecular formula is C14H18Br2N4. The van der Waals surface area contributed by atoms with Crippen LogP contribution in [-0.2, 0) is 13.0 Å². The second kappa shape index (κ2) is 7.36. The van der Waals surface area contributed by atoms with Crippen molar-refractivity contribution in [2.75, 3.05) is 0 Å². The summed E-state index contributed by atoms with van der Waals surface area (Å²) in [5, 5.41) is 4.40. The number of hydrazine groups is 1. The van der Waals surface area contributed by atoms with Crippen molar-refractivity contribution in [2.24, 2.45) is 5.84 Å². The molecule has 6 heteroatoms. The summed E-state index contributed by atoms with van der Waals surface area (Å²) in [4.78, 5) is 0. The van der Waals surface area contributed by atoms with Crippen molar-refractivity contribution >= 4 is 31.9 Å². The fourth-order valence-corrected chi connectivity index (χ4v) is 3.25. The summed E-state index contributed by atoms with van der Waals surface area (Å²) in [7, 11) is 0. The molecule has 1 unspecified atom stereocenters.